The molecule has 0 amide bonds. The lowest BCUT2D eigenvalue weighted by molar-refractivity contribution is 0.415. The van der Waals surface area contributed by atoms with Crippen molar-refractivity contribution in [1.29, 1.82) is 0 Å². The van der Waals surface area contributed by atoms with Crippen LogP contribution in [0.5, 0.6) is 5.75 Å². The quantitative estimate of drug-likeness (QED) is 0.841. The predicted molar refractivity (Wildman–Crippen MR) is 78.0 cm³/mol. The van der Waals surface area contributed by atoms with Gasteiger partial charge >= 0.3 is 0 Å². The minimum absolute atomic E-state index is 0.592. The van der Waals surface area contributed by atoms with Crippen molar-refractivity contribution >= 4 is 39.0 Å². The Hall–Kier alpha value is -1.26. The molecule has 1 heterocycles. The predicted octanol–water partition coefficient (Wildman–Crippen LogP) is 4.27. The van der Waals surface area contributed by atoms with Crippen LogP contribution in [0.15, 0.2) is 41.0 Å². The van der Waals surface area contributed by atoms with Gasteiger partial charge in [0.2, 0.25) is 0 Å². The third-order valence-corrected chi connectivity index (χ3v) is 3.26. The second-order valence-corrected chi connectivity index (χ2v) is 5.04. The van der Waals surface area contributed by atoms with Crippen molar-refractivity contribution in [2.75, 3.05) is 19.1 Å². The van der Waals surface area contributed by atoms with Crippen molar-refractivity contribution in [2.45, 2.75) is 0 Å². The summed E-state index contributed by atoms with van der Waals surface area (Å²) in [5, 5.41) is 0.592. The SMILES string of the molecule is COc1cccc(N(C)c2ncc(Br)cc2Cl)c1. The van der Waals surface area contributed by atoms with Crippen LogP contribution >= 0.6 is 27.5 Å². The highest BCUT2D eigenvalue weighted by atomic mass is 79.9. The first-order chi connectivity index (χ1) is 8.61. The number of pyridine rings is 1. The molecule has 0 unspecified atom stereocenters. The summed E-state index contributed by atoms with van der Waals surface area (Å²) in [6.07, 6.45) is 1.72. The van der Waals surface area contributed by atoms with E-state index in [1.165, 1.54) is 0 Å². The second kappa shape index (κ2) is 5.59. The Morgan fingerprint density at radius 3 is 2.78 bits per heavy atom. The molecule has 0 aliphatic rings. The van der Waals surface area contributed by atoms with E-state index in [9.17, 15) is 0 Å². The van der Waals surface area contributed by atoms with Gasteiger partial charge in [0.1, 0.15) is 5.75 Å². The van der Waals surface area contributed by atoms with Crippen LogP contribution in [0.2, 0.25) is 5.02 Å². The van der Waals surface area contributed by atoms with Gasteiger partial charge in [-0.2, -0.15) is 0 Å². The van der Waals surface area contributed by atoms with E-state index >= 15 is 0 Å². The van der Waals surface area contributed by atoms with Crippen molar-refractivity contribution in [3.63, 3.8) is 0 Å². The number of anilines is 2. The molecule has 0 N–H and O–H groups in total. The van der Waals surface area contributed by atoms with E-state index in [2.05, 4.69) is 20.9 Å². The molecule has 5 heteroatoms. The fourth-order valence-corrected chi connectivity index (χ4v) is 2.35. The van der Waals surface area contributed by atoms with Crippen LogP contribution in [0, 0.1) is 0 Å². The summed E-state index contributed by atoms with van der Waals surface area (Å²) in [5.74, 6) is 1.50. The van der Waals surface area contributed by atoms with Crippen molar-refractivity contribution in [3.8, 4) is 5.75 Å². The molecule has 94 valence electrons. The number of hydrogen-bond donors (Lipinski definition) is 0. The van der Waals surface area contributed by atoms with Crippen molar-refractivity contribution < 1.29 is 4.74 Å². The molecule has 3 nitrogen and oxygen atoms in total. The molecule has 18 heavy (non-hydrogen) atoms. The van der Waals surface area contributed by atoms with Crippen LogP contribution in [0.3, 0.4) is 0 Å². The third kappa shape index (κ3) is 2.76. The van der Waals surface area contributed by atoms with Gasteiger partial charge in [-0.1, -0.05) is 17.7 Å². The average molecular weight is 328 g/mol. The maximum atomic E-state index is 6.18. The number of ether oxygens (including phenoxy) is 1. The fraction of sp³-hybridized carbons (Fsp3) is 0.154. The first-order valence-corrected chi connectivity index (χ1v) is 6.47. The number of methoxy groups -OCH3 is 1. The number of rotatable bonds is 3. The van der Waals surface area contributed by atoms with E-state index in [0.717, 1.165) is 15.9 Å². The molecule has 0 aliphatic carbocycles. The molecule has 2 aromatic rings. The summed E-state index contributed by atoms with van der Waals surface area (Å²) in [7, 11) is 3.56. The topological polar surface area (TPSA) is 25.4 Å². The van der Waals surface area contributed by atoms with Crippen LogP contribution in [0.1, 0.15) is 0 Å². The fourth-order valence-electron chi connectivity index (χ4n) is 1.60. The Labute approximate surface area is 119 Å². The minimum Gasteiger partial charge on any atom is -0.497 e. The normalized spacial score (nSPS) is 10.2. The largest absolute Gasteiger partial charge is 0.497 e. The third-order valence-electron chi connectivity index (χ3n) is 2.55. The molecular formula is C13H12BrClN2O. The maximum absolute atomic E-state index is 6.18. The van der Waals surface area contributed by atoms with Crippen molar-refractivity contribution in [1.82, 2.24) is 4.98 Å². The zero-order valence-electron chi connectivity index (χ0n) is 10.0. The molecule has 2 rings (SSSR count). The van der Waals surface area contributed by atoms with E-state index in [4.69, 9.17) is 16.3 Å². The summed E-state index contributed by atoms with van der Waals surface area (Å²) in [6, 6.07) is 9.55. The van der Waals surface area contributed by atoms with Crippen LogP contribution < -0.4 is 9.64 Å². The van der Waals surface area contributed by atoms with Crippen LogP contribution in [0.4, 0.5) is 11.5 Å². The minimum atomic E-state index is 0.592. The standard InChI is InChI=1S/C13H12BrClN2O/c1-17(10-4-3-5-11(7-10)18-2)13-12(15)6-9(14)8-16-13/h3-8H,1-2H3. The van der Waals surface area contributed by atoms with E-state index < -0.39 is 0 Å². The van der Waals surface area contributed by atoms with Gasteiger partial charge in [0.05, 0.1) is 12.1 Å². The lowest BCUT2D eigenvalue weighted by Gasteiger charge is -2.20. The summed E-state index contributed by atoms with van der Waals surface area (Å²) in [4.78, 5) is 6.23. The summed E-state index contributed by atoms with van der Waals surface area (Å²) in [6.45, 7) is 0. The molecule has 0 aliphatic heterocycles. The van der Waals surface area contributed by atoms with Gasteiger partial charge in [-0.25, -0.2) is 4.98 Å². The summed E-state index contributed by atoms with van der Waals surface area (Å²) in [5.41, 5.74) is 0.964. The Kier molecular flexibility index (Phi) is 4.09. The van der Waals surface area contributed by atoms with Gasteiger partial charge in [0.15, 0.2) is 5.82 Å². The average Bonchev–Trinajstić information content (AvgIpc) is 2.38. The van der Waals surface area contributed by atoms with Gasteiger partial charge < -0.3 is 9.64 Å². The molecule has 0 saturated carbocycles. The Bertz CT molecular complexity index is 562. The highest BCUT2D eigenvalue weighted by Gasteiger charge is 2.10. The van der Waals surface area contributed by atoms with Crippen LogP contribution in [-0.4, -0.2) is 19.1 Å². The number of benzene rings is 1. The molecule has 0 saturated heterocycles. The molecule has 0 bridgehead atoms. The smallest absolute Gasteiger partial charge is 0.151 e. The number of nitrogens with zero attached hydrogens (tertiary/aromatic N) is 2. The van der Waals surface area contributed by atoms with Gasteiger partial charge in [0.25, 0.3) is 0 Å². The van der Waals surface area contributed by atoms with E-state index in [1.807, 2.05) is 42.3 Å². The van der Waals surface area contributed by atoms with Gasteiger partial charge in [-0.3, -0.25) is 0 Å². The second-order valence-electron chi connectivity index (χ2n) is 3.72. The van der Waals surface area contributed by atoms with Crippen molar-refractivity contribution in [2.24, 2.45) is 0 Å². The van der Waals surface area contributed by atoms with Crippen molar-refractivity contribution in [3.05, 3.63) is 46.0 Å². The zero-order chi connectivity index (χ0) is 13.1. The Morgan fingerprint density at radius 2 is 2.11 bits per heavy atom. The number of aromatic nitrogens is 1. The molecule has 0 atom stereocenters. The van der Waals surface area contributed by atoms with Gasteiger partial charge in [-0.05, 0) is 34.1 Å². The van der Waals surface area contributed by atoms with E-state index in [-0.39, 0.29) is 0 Å². The first kappa shape index (κ1) is 13.2. The van der Waals surface area contributed by atoms with Crippen LogP contribution in [0.25, 0.3) is 0 Å². The van der Waals surface area contributed by atoms with Crippen LogP contribution in [-0.2, 0) is 0 Å². The molecule has 1 aromatic carbocycles. The van der Waals surface area contributed by atoms with E-state index in [0.29, 0.717) is 10.8 Å². The van der Waals surface area contributed by atoms with E-state index in [1.54, 1.807) is 13.3 Å². The monoisotopic (exact) mass is 326 g/mol. The maximum Gasteiger partial charge on any atom is 0.151 e. The molecule has 1 aromatic heterocycles. The highest BCUT2D eigenvalue weighted by Crippen LogP contribution is 2.31. The lowest BCUT2D eigenvalue weighted by atomic mass is 10.2. The van der Waals surface area contributed by atoms with Gasteiger partial charge in [-0.15, -0.1) is 0 Å². The van der Waals surface area contributed by atoms with Gasteiger partial charge in [0, 0.05) is 29.5 Å². The molecule has 0 spiro atoms. The molecule has 0 fully saturated rings. The highest BCUT2D eigenvalue weighted by molar-refractivity contribution is 9.10. The molecular weight excluding hydrogens is 316 g/mol. The zero-order valence-corrected chi connectivity index (χ0v) is 12.4. The first-order valence-electron chi connectivity index (χ1n) is 5.30. The lowest BCUT2D eigenvalue weighted by Crippen LogP contribution is -2.11. The molecule has 0 radical (unpaired) electrons. The Morgan fingerprint density at radius 1 is 1.33 bits per heavy atom. The number of hydrogen-bond acceptors (Lipinski definition) is 3. The summed E-state index contributed by atoms with van der Waals surface area (Å²) < 4.78 is 6.06. The summed E-state index contributed by atoms with van der Waals surface area (Å²) >= 11 is 9.52. The Balaban J connectivity index is 2.37. The number of halogens is 2.